The molecule has 1 aromatic rings. The number of rotatable bonds is 6. The van der Waals surface area contributed by atoms with Crippen LogP contribution in [-0.2, 0) is 47.6 Å². The maximum absolute atomic E-state index is 10.7. The summed E-state index contributed by atoms with van der Waals surface area (Å²) in [6.45, 7) is 0. The first-order chi connectivity index (χ1) is 9.23. The molecular formula is C9H9Na3O9S3. The van der Waals surface area contributed by atoms with E-state index in [0.29, 0.717) is 0 Å². The third kappa shape index (κ3) is 15.1. The van der Waals surface area contributed by atoms with Gasteiger partial charge in [0.1, 0.15) is 0 Å². The molecule has 0 aromatic heterocycles. The van der Waals surface area contributed by atoms with Gasteiger partial charge in [-0.05, 0) is 16.7 Å². The predicted molar refractivity (Wildman–Crippen MR) is 66.6 cm³/mol. The molecule has 0 aliphatic rings. The van der Waals surface area contributed by atoms with Gasteiger partial charge in [-0.15, -0.1) is 0 Å². The molecule has 0 unspecified atom stereocenters. The SMILES string of the molecule is O=S(=O)([O-])Cc1cc(CS(=O)(=O)[O-])cc(CS(=O)(=O)[O-])c1.[Na+].[Na+].[Na+]. The molecule has 1 rings (SSSR count). The van der Waals surface area contributed by atoms with E-state index < -0.39 is 47.6 Å². The predicted octanol–water partition coefficient (Wildman–Crippen LogP) is -10.2. The Morgan fingerprint density at radius 3 is 0.833 bits per heavy atom. The van der Waals surface area contributed by atoms with E-state index in [1.165, 1.54) is 0 Å². The topological polar surface area (TPSA) is 172 Å². The number of hydrogen-bond acceptors (Lipinski definition) is 9. The molecule has 0 heterocycles. The molecule has 15 heteroatoms. The second-order valence-corrected chi connectivity index (χ2v) is 8.48. The Labute approximate surface area is 207 Å². The average Bonchev–Trinajstić information content (AvgIpc) is 2.06. The van der Waals surface area contributed by atoms with E-state index in [4.69, 9.17) is 0 Å². The van der Waals surface area contributed by atoms with Crippen molar-refractivity contribution in [2.24, 2.45) is 0 Å². The molecule has 1 aromatic carbocycles. The summed E-state index contributed by atoms with van der Waals surface area (Å²) in [7, 11) is -14.1. The molecule has 0 radical (unpaired) electrons. The second-order valence-electron chi connectivity index (χ2n) is 4.26. The third-order valence-corrected chi connectivity index (χ3v) is 4.20. The molecule has 9 nitrogen and oxygen atoms in total. The van der Waals surface area contributed by atoms with Crippen LogP contribution in [0, 0.1) is 0 Å². The molecule has 0 atom stereocenters. The van der Waals surface area contributed by atoms with Crippen molar-refractivity contribution >= 4 is 30.4 Å². The van der Waals surface area contributed by atoms with Crippen molar-refractivity contribution in [1.29, 1.82) is 0 Å². The van der Waals surface area contributed by atoms with Gasteiger partial charge in [0.15, 0.2) is 0 Å². The zero-order valence-electron chi connectivity index (χ0n) is 13.3. The summed E-state index contributed by atoms with van der Waals surface area (Å²) < 4.78 is 96.1. The van der Waals surface area contributed by atoms with E-state index in [2.05, 4.69) is 0 Å². The minimum absolute atomic E-state index is 0. The maximum Gasteiger partial charge on any atom is 1.00 e. The Morgan fingerprint density at radius 2 is 0.708 bits per heavy atom. The number of benzene rings is 1. The zero-order valence-corrected chi connectivity index (χ0v) is 21.7. The van der Waals surface area contributed by atoms with Crippen molar-refractivity contribution in [1.82, 2.24) is 0 Å². The quantitative estimate of drug-likeness (QED) is 0.316. The van der Waals surface area contributed by atoms with E-state index in [0.717, 1.165) is 18.2 Å². The summed E-state index contributed by atoms with van der Waals surface area (Å²) >= 11 is 0. The van der Waals surface area contributed by atoms with E-state index in [9.17, 15) is 38.9 Å². The van der Waals surface area contributed by atoms with Crippen LogP contribution in [0.4, 0.5) is 0 Å². The van der Waals surface area contributed by atoms with Gasteiger partial charge in [-0.25, -0.2) is 25.3 Å². The molecule has 0 N–H and O–H groups in total. The maximum atomic E-state index is 10.7. The molecule has 0 spiro atoms. The van der Waals surface area contributed by atoms with Crippen LogP contribution in [0.3, 0.4) is 0 Å². The Balaban J connectivity index is -0.00000147. The van der Waals surface area contributed by atoms with E-state index in [1.54, 1.807) is 0 Å². The molecule has 0 saturated heterocycles. The van der Waals surface area contributed by atoms with Gasteiger partial charge in [0.2, 0.25) is 0 Å². The molecule has 0 aliphatic carbocycles. The molecule has 0 fully saturated rings. The first-order valence-corrected chi connectivity index (χ1v) is 9.89. The molecule has 0 amide bonds. The third-order valence-electron chi connectivity index (χ3n) is 2.14. The molecule has 24 heavy (non-hydrogen) atoms. The van der Waals surface area contributed by atoms with Crippen LogP contribution in [0.25, 0.3) is 0 Å². The number of hydrogen-bond donors (Lipinski definition) is 0. The molecule has 120 valence electrons. The van der Waals surface area contributed by atoms with Crippen LogP contribution in [0.15, 0.2) is 18.2 Å². The minimum atomic E-state index is -4.70. The monoisotopic (exact) mass is 426 g/mol. The van der Waals surface area contributed by atoms with Crippen LogP contribution in [0.2, 0.25) is 0 Å². The summed E-state index contributed by atoms with van der Waals surface area (Å²) in [5.41, 5.74) is -0.612. The van der Waals surface area contributed by atoms with Gasteiger partial charge in [0.25, 0.3) is 0 Å². The Bertz CT molecular complexity index is 721. The first-order valence-electron chi connectivity index (χ1n) is 5.16. The fourth-order valence-electron chi connectivity index (χ4n) is 1.70. The minimum Gasteiger partial charge on any atom is -0.748 e. The van der Waals surface area contributed by atoms with E-state index in [1.807, 2.05) is 0 Å². The summed E-state index contributed by atoms with van der Waals surface area (Å²) in [5, 5.41) is 0. The van der Waals surface area contributed by atoms with Crippen LogP contribution < -0.4 is 88.7 Å². The van der Waals surface area contributed by atoms with Gasteiger partial charge in [-0.2, -0.15) is 0 Å². The largest absolute Gasteiger partial charge is 1.00 e. The summed E-state index contributed by atoms with van der Waals surface area (Å²) in [6, 6.07) is 2.93. The van der Waals surface area contributed by atoms with E-state index in [-0.39, 0.29) is 105 Å². The van der Waals surface area contributed by atoms with Crippen molar-refractivity contribution in [2.45, 2.75) is 17.3 Å². The van der Waals surface area contributed by atoms with Crippen LogP contribution >= 0.6 is 0 Å². The van der Waals surface area contributed by atoms with Crippen LogP contribution in [0.5, 0.6) is 0 Å². The molecule has 0 bridgehead atoms. The molecule has 0 aliphatic heterocycles. The summed E-state index contributed by atoms with van der Waals surface area (Å²) in [6.07, 6.45) is 0. The normalized spacial score (nSPS) is 11.6. The Kier molecular flexibility index (Phi) is 15.0. The Hall–Kier alpha value is 1.95. The average molecular weight is 426 g/mol. The van der Waals surface area contributed by atoms with Crippen molar-refractivity contribution in [3.05, 3.63) is 34.9 Å². The zero-order chi connectivity index (χ0) is 16.5. The molecular weight excluding hydrogens is 417 g/mol. The van der Waals surface area contributed by atoms with Crippen molar-refractivity contribution in [2.75, 3.05) is 0 Å². The standard InChI is InChI=1S/C9H12O9S3.3Na/c10-19(11,12)4-7-1-8(5-20(13,14)15)3-9(2-7)6-21(16,17)18;;;/h1-3H,4-6H2,(H,10,11,12)(H,13,14,15)(H,16,17,18);;;/q;3*+1/p-3. The van der Waals surface area contributed by atoms with Gasteiger partial charge in [0, 0.05) is 0 Å². The summed E-state index contributed by atoms with van der Waals surface area (Å²) in [4.78, 5) is 0. The van der Waals surface area contributed by atoms with Crippen molar-refractivity contribution < 1.29 is 128 Å². The fourth-order valence-corrected chi connectivity index (χ4v) is 3.43. The van der Waals surface area contributed by atoms with E-state index >= 15 is 0 Å². The summed E-state index contributed by atoms with van der Waals surface area (Å²) in [5.74, 6) is -3.07. The van der Waals surface area contributed by atoms with Crippen LogP contribution in [-0.4, -0.2) is 38.9 Å². The smallest absolute Gasteiger partial charge is 0.748 e. The fraction of sp³-hybridized carbons (Fsp3) is 0.333. The van der Waals surface area contributed by atoms with Gasteiger partial charge < -0.3 is 13.7 Å². The van der Waals surface area contributed by atoms with Gasteiger partial charge in [-0.3, -0.25) is 0 Å². The van der Waals surface area contributed by atoms with Crippen molar-refractivity contribution in [3.63, 3.8) is 0 Å². The van der Waals surface area contributed by atoms with Gasteiger partial charge in [0.05, 0.1) is 47.6 Å². The van der Waals surface area contributed by atoms with Crippen LogP contribution in [0.1, 0.15) is 16.7 Å². The van der Waals surface area contributed by atoms with Gasteiger partial charge >= 0.3 is 88.7 Å². The second kappa shape index (κ2) is 11.7. The Morgan fingerprint density at radius 1 is 0.542 bits per heavy atom. The van der Waals surface area contributed by atoms with Gasteiger partial charge in [-0.1, -0.05) is 18.2 Å². The van der Waals surface area contributed by atoms with Crippen molar-refractivity contribution in [3.8, 4) is 0 Å². The molecule has 0 saturated carbocycles. The first kappa shape index (κ1) is 30.7.